The maximum absolute atomic E-state index is 12.4. The van der Waals surface area contributed by atoms with Gasteiger partial charge in [-0.15, -0.1) is 0 Å². The highest BCUT2D eigenvalue weighted by molar-refractivity contribution is 6.05. The molecule has 0 N–H and O–H groups in total. The van der Waals surface area contributed by atoms with Crippen LogP contribution in [-0.4, -0.2) is 4.40 Å². The molecule has 0 aliphatic heterocycles. The van der Waals surface area contributed by atoms with Crippen molar-refractivity contribution in [3.63, 3.8) is 0 Å². The van der Waals surface area contributed by atoms with E-state index < -0.39 is 0 Å². The van der Waals surface area contributed by atoms with Crippen molar-refractivity contribution in [3.05, 3.63) is 76.5 Å². The zero-order chi connectivity index (χ0) is 15.3. The van der Waals surface area contributed by atoms with E-state index in [-0.39, 0.29) is 5.63 Å². The predicted molar refractivity (Wildman–Crippen MR) is 88.3 cm³/mol. The molecule has 0 saturated heterocycles. The fourth-order valence-electron chi connectivity index (χ4n) is 3.11. The summed E-state index contributed by atoms with van der Waals surface area (Å²) in [6, 6.07) is 16.3. The van der Waals surface area contributed by atoms with E-state index in [1.54, 1.807) is 0 Å². The van der Waals surface area contributed by atoms with Gasteiger partial charge in [0.25, 0.3) is 0 Å². The Morgan fingerprint density at radius 2 is 1.77 bits per heavy atom. The normalized spacial score (nSPS) is 11.4. The highest BCUT2D eigenvalue weighted by Crippen LogP contribution is 2.35. The number of benzene rings is 2. The van der Waals surface area contributed by atoms with Crippen LogP contribution >= 0.6 is 0 Å². The van der Waals surface area contributed by atoms with Gasteiger partial charge in [-0.1, -0.05) is 42.0 Å². The summed E-state index contributed by atoms with van der Waals surface area (Å²) in [5, 5.41) is 1.08. The zero-order valence-corrected chi connectivity index (χ0v) is 12.5. The third-order valence-corrected chi connectivity index (χ3v) is 4.07. The van der Waals surface area contributed by atoms with E-state index in [0.29, 0.717) is 5.52 Å². The van der Waals surface area contributed by atoms with Gasteiger partial charge in [-0.3, -0.25) is 0 Å². The molecule has 2 heterocycles. The summed E-state index contributed by atoms with van der Waals surface area (Å²) < 4.78 is 7.21. The Balaban J connectivity index is 2.33. The van der Waals surface area contributed by atoms with Crippen LogP contribution in [0, 0.1) is 13.8 Å². The number of aryl methyl sites for hydroxylation is 2. The van der Waals surface area contributed by atoms with Gasteiger partial charge >= 0.3 is 5.63 Å². The van der Waals surface area contributed by atoms with Gasteiger partial charge in [-0.25, -0.2) is 4.79 Å². The quantitative estimate of drug-likeness (QED) is 0.522. The second-order valence-electron chi connectivity index (χ2n) is 5.61. The highest BCUT2D eigenvalue weighted by atomic mass is 16.4. The average Bonchev–Trinajstić information content (AvgIpc) is 2.87. The van der Waals surface area contributed by atoms with E-state index in [0.717, 1.165) is 27.7 Å². The van der Waals surface area contributed by atoms with Crippen molar-refractivity contribution in [1.82, 2.24) is 4.40 Å². The van der Waals surface area contributed by atoms with E-state index in [9.17, 15) is 4.79 Å². The van der Waals surface area contributed by atoms with E-state index in [2.05, 4.69) is 25.1 Å². The van der Waals surface area contributed by atoms with Crippen LogP contribution < -0.4 is 5.63 Å². The summed E-state index contributed by atoms with van der Waals surface area (Å²) in [7, 11) is 0. The number of fused-ring (bicyclic) bond motifs is 3. The van der Waals surface area contributed by atoms with Crippen LogP contribution in [0.15, 0.2) is 64.0 Å². The first-order valence-electron chi connectivity index (χ1n) is 7.25. The summed E-state index contributed by atoms with van der Waals surface area (Å²) in [4.78, 5) is 12.4. The summed E-state index contributed by atoms with van der Waals surface area (Å²) in [6.07, 6.45) is 1.52. The first-order valence-corrected chi connectivity index (χ1v) is 7.25. The maximum atomic E-state index is 12.4. The van der Waals surface area contributed by atoms with E-state index in [1.165, 1.54) is 11.8 Å². The molecule has 0 aliphatic rings. The van der Waals surface area contributed by atoms with Crippen molar-refractivity contribution in [1.29, 1.82) is 0 Å². The van der Waals surface area contributed by atoms with Crippen LogP contribution in [-0.2, 0) is 0 Å². The SMILES string of the molecule is Cc1ccc2c(c1)c(-c1ccccc1)c1c(=O)occ(C)n12. The Kier molecular flexibility index (Phi) is 2.70. The van der Waals surface area contributed by atoms with E-state index >= 15 is 0 Å². The number of nitrogens with zero attached hydrogens (tertiary/aromatic N) is 1. The van der Waals surface area contributed by atoms with Crippen molar-refractivity contribution in [2.45, 2.75) is 13.8 Å². The molecule has 4 aromatic rings. The molecular weight excluding hydrogens is 274 g/mol. The minimum absolute atomic E-state index is 0.307. The van der Waals surface area contributed by atoms with Crippen molar-refractivity contribution >= 4 is 16.4 Å². The van der Waals surface area contributed by atoms with Crippen LogP contribution in [0.5, 0.6) is 0 Å². The molecule has 0 saturated carbocycles. The van der Waals surface area contributed by atoms with Crippen molar-refractivity contribution < 1.29 is 4.42 Å². The second kappa shape index (κ2) is 4.60. The summed E-state index contributed by atoms with van der Waals surface area (Å²) in [5.41, 5.74) is 5.37. The Hall–Kier alpha value is -2.81. The lowest BCUT2D eigenvalue weighted by Gasteiger charge is -2.01. The van der Waals surface area contributed by atoms with Gasteiger partial charge in [0.1, 0.15) is 11.8 Å². The van der Waals surface area contributed by atoms with Crippen molar-refractivity contribution in [2.24, 2.45) is 0 Å². The Bertz CT molecular complexity index is 1060. The lowest BCUT2D eigenvalue weighted by Crippen LogP contribution is -2.05. The number of hydrogen-bond donors (Lipinski definition) is 0. The largest absolute Gasteiger partial charge is 0.428 e. The van der Waals surface area contributed by atoms with Gasteiger partial charge in [-0.2, -0.15) is 0 Å². The molecule has 0 aliphatic carbocycles. The molecule has 3 heteroatoms. The third kappa shape index (κ3) is 1.72. The van der Waals surface area contributed by atoms with Crippen LogP contribution in [0.25, 0.3) is 27.5 Å². The molecule has 2 aromatic carbocycles. The average molecular weight is 289 g/mol. The monoisotopic (exact) mass is 289 g/mol. The van der Waals surface area contributed by atoms with Crippen molar-refractivity contribution in [2.75, 3.05) is 0 Å². The summed E-state index contributed by atoms with van der Waals surface area (Å²) in [6.45, 7) is 4.01. The third-order valence-electron chi connectivity index (χ3n) is 4.07. The van der Waals surface area contributed by atoms with Gasteiger partial charge in [-0.05, 0) is 31.5 Å². The highest BCUT2D eigenvalue weighted by Gasteiger charge is 2.18. The van der Waals surface area contributed by atoms with Gasteiger partial charge in [0.15, 0.2) is 0 Å². The first kappa shape index (κ1) is 12.9. The fraction of sp³-hybridized carbons (Fsp3) is 0.105. The lowest BCUT2D eigenvalue weighted by molar-refractivity contribution is 0.504. The molecular formula is C19H15NO2. The Morgan fingerprint density at radius 3 is 2.55 bits per heavy atom. The smallest absolute Gasteiger partial charge is 0.360 e. The fourth-order valence-corrected chi connectivity index (χ4v) is 3.11. The van der Waals surface area contributed by atoms with Crippen LogP contribution in [0.2, 0.25) is 0 Å². The summed E-state index contributed by atoms with van der Waals surface area (Å²) in [5.74, 6) is 0. The molecule has 3 nitrogen and oxygen atoms in total. The van der Waals surface area contributed by atoms with Crippen LogP contribution in [0.1, 0.15) is 11.3 Å². The maximum Gasteiger partial charge on any atom is 0.360 e. The van der Waals surface area contributed by atoms with E-state index in [4.69, 9.17) is 4.42 Å². The molecule has 0 amide bonds. The zero-order valence-electron chi connectivity index (χ0n) is 12.5. The molecule has 0 radical (unpaired) electrons. The minimum atomic E-state index is -0.307. The standard InChI is InChI=1S/C19H15NO2/c1-12-8-9-16-15(10-12)17(14-6-4-3-5-7-14)18-19(21)22-11-13(2)20(16)18/h3-11H,1-2H3. The molecule has 22 heavy (non-hydrogen) atoms. The van der Waals surface area contributed by atoms with Crippen LogP contribution in [0.4, 0.5) is 0 Å². The summed E-state index contributed by atoms with van der Waals surface area (Å²) >= 11 is 0. The molecule has 0 unspecified atom stereocenters. The Morgan fingerprint density at radius 1 is 1.00 bits per heavy atom. The number of aromatic nitrogens is 1. The predicted octanol–water partition coefficient (Wildman–Crippen LogP) is 4.33. The lowest BCUT2D eigenvalue weighted by atomic mass is 10.0. The molecule has 4 rings (SSSR count). The van der Waals surface area contributed by atoms with Gasteiger partial charge in [0.2, 0.25) is 0 Å². The molecule has 0 spiro atoms. The van der Waals surface area contributed by atoms with Crippen LogP contribution in [0.3, 0.4) is 0 Å². The van der Waals surface area contributed by atoms with Gasteiger partial charge in [0, 0.05) is 10.9 Å². The number of hydrogen-bond acceptors (Lipinski definition) is 2. The number of rotatable bonds is 1. The Labute approximate surface area is 127 Å². The van der Waals surface area contributed by atoms with Gasteiger partial charge in [0.05, 0.1) is 11.2 Å². The van der Waals surface area contributed by atoms with E-state index in [1.807, 2.05) is 41.7 Å². The molecule has 108 valence electrons. The molecule has 2 aromatic heterocycles. The second-order valence-corrected chi connectivity index (χ2v) is 5.61. The first-order chi connectivity index (χ1) is 10.7. The van der Waals surface area contributed by atoms with Gasteiger partial charge < -0.3 is 8.82 Å². The minimum Gasteiger partial charge on any atom is -0.428 e. The van der Waals surface area contributed by atoms with Crippen molar-refractivity contribution in [3.8, 4) is 11.1 Å². The molecule has 0 atom stereocenters. The topological polar surface area (TPSA) is 34.6 Å². The molecule has 0 fully saturated rings. The molecule has 0 bridgehead atoms.